The van der Waals surface area contributed by atoms with Gasteiger partial charge in [-0.05, 0) is 18.9 Å². The molecule has 3 rings (SSSR count). The predicted octanol–water partition coefficient (Wildman–Crippen LogP) is 3.30. The minimum absolute atomic E-state index is 0.161. The number of thioether (sulfide) groups is 1. The van der Waals surface area contributed by atoms with Crippen molar-refractivity contribution in [3.63, 3.8) is 0 Å². The van der Waals surface area contributed by atoms with E-state index in [2.05, 4.69) is 24.3 Å². The highest BCUT2D eigenvalue weighted by Crippen LogP contribution is 2.40. The summed E-state index contributed by atoms with van der Waals surface area (Å²) < 4.78 is 6.10. The lowest BCUT2D eigenvalue weighted by Gasteiger charge is -2.36. The Hall–Kier alpha value is -0.670. The summed E-state index contributed by atoms with van der Waals surface area (Å²) in [6.07, 6.45) is 6.37. The molecule has 1 saturated carbocycles. The third-order valence-electron chi connectivity index (χ3n) is 4.07. The maximum Gasteiger partial charge on any atom is 0.124 e. The van der Waals surface area contributed by atoms with E-state index in [1.807, 2.05) is 11.8 Å². The van der Waals surface area contributed by atoms with Crippen molar-refractivity contribution in [2.24, 2.45) is 5.73 Å². The molecule has 1 aromatic rings. The topological polar surface area (TPSA) is 35.2 Å². The van der Waals surface area contributed by atoms with Crippen LogP contribution >= 0.6 is 11.8 Å². The Kier molecular flexibility index (Phi) is 3.53. The van der Waals surface area contributed by atoms with E-state index in [0.717, 1.165) is 30.1 Å². The summed E-state index contributed by atoms with van der Waals surface area (Å²) in [5, 5.41) is 0. The minimum Gasteiger partial charge on any atom is -0.488 e. The quantitative estimate of drug-likeness (QED) is 0.909. The van der Waals surface area contributed by atoms with Gasteiger partial charge in [-0.2, -0.15) is 11.8 Å². The third-order valence-corrected chi connectivity index (χ3v) is 5.29. The van der Waals surface area contributed by atoms with E-state index in [1.165, 1.54) is 24.8 Å². The molecule has 1 heterocycles. The monoisotopic (exact) mass is 263 g/mol. The summed E-state index contributed by atoms with van der Waals surface area (Å²) in [6, 6.07) is 8.38. The lowest BCUT2D eigenvalue weighted by Crippen LogP contribution is -2.40. The number of ether oxygens (including phenoxy) is 1. The lowest BCUT2D eigenvalue weighted by molar-refractivity contribution is 0.223. The highest BCUT2D eigenvalue weighted by molar-refractivity contribution is 8.00. The van der Waals surface area contributed by atoms with E-state index in [-0.39, 0.29) is 5.54 Å². The highest BCUT2D eigenvalue weighted by atomic mass is 32.2. The van der Waals surface area contributed by atoms with Crippen LogP contribution in [0.15, 0.2) is 24.3 Å². The van der Waals surface area contributed by atoms with Gasteiger partial charge in [0.1, 0.15) is 11.9 Å². The summed E-state index contributed by atoms with van der Waals surface area (Å²) in [5.74, 6) is 3.25. The molecule has 18 heavy (non-hydrogen) atoms. The van der Waals surface area contributed by atoms with Crippen LogP contribution in [0.5, 0.6) is 5.75 Å². The van der Waals surface area contributed by atoms with Gasteiger partial charge >= 0.3 is 0 Å². The van der Waals surface area contributed by atoms with Crippen molar-refractivity contribution >= 4 is 11.8 Å². The molecule has 0 atom stereocenters. The van der Waals surface area contributed by atoms with Gasteiger partial charge in [-0.3, -0.25) is 0 Å². The van der Waals surface area contributed by atoms with Crippen molar-refractivity contribution in [1.82, 2.24) is 0 Å². The van der Waals surface area contributed by atoms with Crippen LogP contribution in [-0.2, 0) is 5.54 Å². The largest absolute Gasteiger partial charge is 0.488 e. The van der Waals surface area contributed by atoms with Crippen molar-refractivity contribution in [3.05, 3.63) is 29.8 Å². The Bertz CT molecular complexity index is 411. The van der Waals surface area contributed by atoms with Gasteiger partial charge in [-0.15, -0.1) is 0 Å². The molecule has 2 N–H and O–H groups in total. The Morgan fingerprint density at radius 1 is 1.11 bits per heavy atom. The number of hydrogen-bond acceptors (Lipinski definition) is 3. The zero-order chi connectivity index (χ0) is 12.4. The van der Waals surface area contributed by atoms with Gasteiger partial charge in [-0.1, -0.05) is 37.5 Å². The molecule has 0 amide bonds. The average molecular weight is 263 g/mol. The lowest BCUT2D eigenvalue weighted by atomic mass is 9.77. The zero-order valence-corrected chi connectivity index (χ0v) is 11.5. The summed E-state index contributed by atoms with van der Waals surface area (Å²) in [7, 11) is 0. The molecule has 1 aromatic carbocycles. The molecule has 1 aliphatic heterocycles. The van der Waals surface area contributed by atoms with Crippen LogP contribution in [0.1, 0.15) is 37.7 Å². The van der Waals surface area contributed by atoms with E-state index in [4.69, 9.17) is 10.5 Å². The number of hydrogen-bond donors (Lipinski definition) is 1. The van der Waals surface area contributed by atoms with Crippen molar-refractivity contribution in [1.29, 1.82) is 0 Å². The van der Waals surface area contributed by atoms with Gasteiger partial charge in [0.25, 0.3) is 0 Å². The molecule has 3 heteroatoms. The molecule has 1 saturated heterocycles. The fourth-order valence-corrected chi connectivity index (χ4v) is 3.46. The Morgan fingerprint density at radius 3 is 2.50 bits per heavy atom. The van der Waals surface area contributed by atoms with Crippen LogP contribution in [0.2, 0.25) is 0 Å². The molecule has 0 unspecified atom stereocenters. The first-order chi connectivity index (χ1) is 8.78. The van der Waals surface area contributed by atoms with E-state index >= 15 is 0 Å². The number of benzene rings is 1. The summed E-state index contributed by atoms with van der Waals surface area (Å²) in [5.41, 5.74) is 7.69. The molecule has 2 fully saturated rings. The van der Waals surface area contributed by atoms with E-state index in [9.17, 15) is 0 Å². The van der Waals surface area contributed by atoms with Gasteiger partial charge in [-0.25, -0.2) is 0 Å². The van der Waals surface area contributed by atoms with E-state index in [0.29, 0.717) is 6.10 Å². The fraction of sp³-hybridized carbons (Fsp3) is 0.600. The van der Waals surface area contributed by atoms with E-state index < -0.39 is 0 Å². The van der Waals surface area contributed by atoms with Crippen LogP contribution in [-0.4, -0.2) is 17.6 Å². The molecular formula is C15H21NOS. The van der Waals surface area contributed by atoms with Crippen LogP contribution in [0.3, 0.4) is 0 Å². The Balaban J connectivity index is 1.85. The number of rotatable bonds is 3. The molecule has 2 aliphatic rings. The van der Waals surface area contributed by atoms with Crippen molar-refractivity contribution in [3.8, 4) is 5.75 Å². The second-order valence-electron chi connectivity index (χ2n) is 5.49. The molecular weight excluding hydrogens is 242 g/mol. The van der Waals surface area contributed by atoms with Gasteiger partial charge in [0.05, 0.1) is 0 Å². The molecule has 0 bridgehead atoms. The van der Waals surface area contributed by atoms with E-state index in [1.54, 1.807) is 0 Å². The van der Waals surface area contributed by atoms with Crippen molar-refractivity contribution in [2.45, 2.75) is 43.7 Å². The van der Waals surface area contributed by atoms with Crippen LogP contribution in [0.25, 0.3) is 0 Å². The van der Waals surface area contributed by atoms with Gasteiger partial charge in [0.2, 0.25) is 0 Å². The summed E-state index contributed by atoms with van der Waals surface area (Å²) >= 11 is 1.95. The average Bonchev–Trinajstić information content (AvgIpc) is 2.35. The molecule has 1 aliphatic carbocycles. The van der Waals surface area contributed by atoms with Crippen LogP contribution < -0.4 is 10.5 Å². The first-order valence-electron chi connectivity index (χ1n) is 6.91. The minimum atomic E-state index is -0.161. The summed E-state index contributed by atoms with van der Waals surface area (Å²) in [6.45, 7) is 0. The molecule has 0 aromatic heterocycles. The standard InChI is InChI=1S/C15H21NOS/c16-15(8-4-1-5-9-15)13-6-2-3-7-14(13)17-12-10-18-11-12/h2-3,6-7,12H,1,4-5,8-11,16H2. The maximum atomic E-state index is 6.63. The normalized spacial score (nSPS) is 23.4. The molecule has 0 spiro atoms. The second-order valence-corrected chi connectivity index (χ2v) is 6.57. The fourth-order valence-electron chi connectivity index (χ4n) is 2.89. The number of para-hydroxylation sites is 1. The summed E-state index contributed by atoms with van der Waals surface area (Å²) in [4.78, 5) is 0. The maximum absolute atomic E-state index is 6.63. The highest BCUT2D eigenvalue weighted by Gasteiger charge is 2.33. The third kappa shape index (κ3) is 2.39. The first-order valence-corrected chi connectivity index (χ1v) is 8.06. The smallest absolute Gasteiger partial charge is 0.124 e. The van der Waals surface area contributed by atoms with Gasteiger partial charge < -0.3 is 10.5 Å². The van der Waals surface area contributed by atoms with Gasteiger partial charge in [0.15, 0.2) is 0 Å². The second kappa shape index (κ2) is 5.14. The molecule has 2 nitrogen and oxygen atoms in total. The van der Waals surface area contributed by atoms with Crippen molar-refractivity contribution < 1.29 is 4.74 Å². The Labute approximate surface area is 113 Å². The van der Waals surface area contributed by atoms with Crippen LogP contribution in [0, 0.1) is 0 Å². The van der Waals surface area contributed by atoms with Gasteiger partial charge in [0, 0.05) is 22.6 Å². The van der Waals surface area contributed by atoms with Crippen LogP contribution in [0.4, 0.5) is 0 Å². The SMILES string of the molecule is NC1(c2ccccc2OC2CSC2)CCCCC1. The first kappa shape index (κ1) is 12.4. The Morgan fingerprint density at radius 2 is 1.83 bits per heavy atom. The zero-order valence-electron chi connectivity index (χ0n) is 10.7. The number of nitrogens with two attached hydrogens (primary N) is 1. The molecule has 98 valence electrons. The molecule has 0 radical (unpaired) electrons. The predicted molar refractivity (Wildman–Crippen MR) is 77.1 cm³/mol. The van der Waals surface area contributed by atoms with Crippen molar-refractivity contribution in [2.75, 3.05) is 11.5 Å².